The standard InChI is InChI=1S/C19H24BrNO2/c1-5-9-23-19-16(20)10-15(11-18(19)22-4)12-21-17-8-6-7-13(2)14(17)3/h6-8,10-11,21H,5,9,12H2,1-4H3. The molecule has 0 saturated heterocycles. The maximum absolute atomic E-state index is 5.77. The van der Waals surface area contributed by atoms with E-state index in [2.05, 4.69) is 66.3 Å². The molecule has 0 unspecified atom stereocenters. The molecule has 0 aliphatic carbocycles. The topological polar surface area (TPSA) is 30.5 Å². The molecule has 2 aromatic rings. The lowest BCUT2D eigenvalue weighted by molar-refractivity contribution is 0.292. The van der Waals surface area contributed by atoms with Gasteiger partial charge >= 0.3 is 0 Å². The molecule has 4 heteroatoms. The van der Waals surface area contributed by atoms with Gasteiger partial charge in [-0.3, -0.25) is 0 Å². The van der Waals surface area contributed by atoms with Crippen molar-refractivity contribution in [2.75, 3.05) is 19.0 Å². The smallest absolute Gasteiger partial charge is 0.175 e. The van der Waals surface area contributed by atoms with E-state index < -0.39 is 0 Å². The Kier molecular flexibility index (Phi) is 6.34. The molecule has 0 spiro atoms. The lowest BCUT2D eigenvalue weighted by atomic mass is 10.1. The van der Waals surface area contributed by atoms with Gasteiger partial charge in [0.2, 0.25) is 0 Å². The van der Waals surface area contributed by atoms with Crippen molar-refractivity contribution < 1.29 is 9.47 Å². The molecule has 2 aromatic carbocycles. The number of ether oxygens (including phenoxy) is 2. The van der Waals surface area contributed by atoms with Crippen molar-refractivity contribution >= 4 is 21.6 Å². The van der Waals surface area contributed by atoms with Crippen LogP contribution in [0.2, 0.25) is 0 Å². The van der Waals surface area contributed by atoms with Crippen LogP contribution < -0.4 is 14.8 Å². The van der Waals surface area contributed by atoms with Crippen LogP contribution in [0.25, 0.3) is 0 Å². The second-order valence-electron chi connectivity index (χ2n) is 5.56. The summed E-state index contributed by atoms with van der Waals surface area (Å²) in [6, 6.07) is 10.4. The highest BCUT2D eigenvalue weighted by Crippen LogP contribution is 2.37. The summed E-state index contributed by atoms with van der Waals surface area (Å²) in [7, 11) is 1.67. The zero-order valence-electron chi connectivity index (χ0n) is 14.2. The number of methoxy groups -OCH3 is 1. The molecule has 0 amide bonds. The van der Waals surface area contributed by atoms with Gasteiger partial charge in [0.05, 0.1) is 18.2 Å². The number of nitrogens with one attached hydrogen (secondary N) is 1. The molecule has 3 nitrogen and oxygen atoms in total. The van der Waals surface area contributed by atoms with Crippen molar-refractivity contribution in [1.82, 2.24) is 0 Å². The summed E-state index contributed by atoms with van der Waals surface area (Å²) >= 11 is 3.59. The predicted octanol–water partition coefficient (Wildman–Crippen LogP) is 5.48. The largest absolute Gasteiger partial charge is 0.493 e. The number of hydrogen-bond acceptors (Lipinski definition) is 3. The molecular weight excluding hydrogens is 354 g/mol. The van der Waals surface area contributed by atoms with Gasteiger partial charge in [0.25, 0.3) is 0 Å². The summed E-state index contributed by atoms with van der Waals surface area (Å²) in [5.41, 5.74) is 4.86. The number of anilines is 1. The number of rotatable bonds is 7. The van der Waals surface area contributed by atoms with Crippen molar-refractivity contribution in [2.24, 2.45) is 0 Å². The SMILES string of the molecule is CCCOc1c(Br)cc(CNc2cccc(C)c2C)cc1OC. The molecule has 2 rings (SSSR count). The zero-order valence-corrected chi connectivity index (χ0v) is 15.8. The van der Waals surface area contributed by atoms with Crippen LogP contribution in [0.15, 0.2) is 34.8 Å². The quantitative estimate of drug-likeness (QED) is 0.693. The van der Waals surface area contributed by atoms with Gasteiger partial charge in [0, 0.05) is 12.2 Å². The first-order valence-electron chi connectivity index (χ1n) is 7.86. The maximum Gasteiger partial charge on any atom is 0.175 e. The first-order chi connectivity index (χ1) is 11.1. The molecule has 0 bridgehead atoms. The van der Waals surface area contributed by atoms with Gasteiger partial charge in [0.15, 0.2) is 11.5 Å². The molecule has 0 radical (unpaired) electrons. The number of aryl methyl sites for hydroxylation is 1. The molecule has 0 fully saturated rings. The van der Waals surface area contributed by atoms with E-state index in [-0.39, 0.29) is 0 Å². The maximum atomic E-state index is 5.77. The molecule has 0 aromatic heterocycles. The van der Waals surface area contributed by atoms with Crippen LogP contribution in [0, 0.1) is 13.8 Å². The van der Waals surface area contributed by atoms with Crippen LogP contribution in [0.1, 0.15) is 30.0 Å². The van der Waals surface area contributed by atoms with Crippen LogP contribution in [-0.4, -0.2) is 13.7 Å². The highest BCUT2D eigenvalue weighted by atomic mass is 79.9. The molecule has 124 valence electrons. The minimum Gasteiger partial charge on any atom is -0.493 e. The average Bonchev–Trinajstić information content (AvgIpc) is 2.54. The number of benzene rings is 2. The molecular formula is C19H24BrNO2. The van der Waals surface area contributed by atoms with Gasteiger partial charge in [-0.1, -0.05) is 19.1 Å². The Labute approximate surface area is 147 Å². The van der Waals surface area contributed by atoms with Gasteiger partial charge in [-0.05, 0) is 71.1 Å². The van der Waals surface area contributed by atoms with Gasteiger partial charge in [-0.15, -0.1) is 0 Å². The van der Waals surface area contributed by atoms with Gasteiger partial charge in [-0.25, -0.2) is 0 Å². The van der Waals surface area contributed by atoms with Crippen LogP contribution in [0.4, 0.5) is 5.69 Å². The first kappa shape index (κ1) is 17.7. The normalized spacial score (nSPS) is 10.5. The number of halogens is 1. The van der Waals surface area contributed by atoms with E-state index in [1.165, 1.54) is 11.1 Å². The third kappa shape index (κ3) is 4.41. The third-order valence-corrected chi connectivity index (χ3v) is 4.42. The fourth-order valence-electron chi connectivity index (χ4n) is 2.36. The molecule has 0 saturated carbocycles. The summed E-state index contributed by atoms with van der Waals surface area (Å²) in [4.78, 5) is 0. The Hall–Kier alpha value is -1.68. The molecule has 23 heavy (non-hydrogen) atoms. The summed E-state index contributed by atoms with van der Waals surface area (Å²) in [5.74, 6) is 1.52. The van der Waals surface area contributed by atoms with Crippen LogP contribution in [0.3, 0.4) is 0 Å². The summed E-state index contributed by atoms with van der Waals surface area (Å²) < 4.78 is 12.2. The van der Waals surface area contributed by atoms with Crippen molar-refractivity contribution in [1.29, 1.82) is 0 Å². The molecule has 0 heterocycles. The highest BCUT2D eigenvalue weighted by molar-refractivity contribution is 9.10. The monoisotopic (exact) mass is 377 g/mol. The van der Waals surface area contributed by atoms with Crippen molar-refractivity contribution in [3.8, 4) is 11.5 Å². The Morgan fingerprint density at radius 1 is 1.17 bits per heavy atom. The number of hydrogen-bond donors (Lipinski definition) is 1. The minimum atomic E-state index is 0.676. The summed E-state index contributed by atoms with van der Waals surface area (Å²) in [6.07, 6.45) is 0.964. The van der Waals surface area contributed by atoms with Crippen LogP contribution in [-0.2, 0) is 6.54 Å². The Balaban J connectivity index is 2.17. The predicted molar refractivity (Wildman–Crippen MR) is 99.7 cm³/mol. The van der Waals surface area contributed by atoms with E-state index in [4.69, 9.17) is 9.47 Å². The second kappa shape index (κ2) is 8.25. The van der Waals surface area contributed by atoms with Crippen LogP contribution >= 0.6 is 15.9 Å². The Morgan fingerprint density at radius 2 is 1.96 bits per heavy atom. The molecule has 0 aliphatic rings. The van der Waals surface area contributed by atoms with E-state index in [1.54, 1.807) is 7.11 Å². The highest BCUT2D eigenvalue weighted by Gasteiger charge is 2.11. The average molecular weight is 378 g/mol. The molecule has 0 aliphatic heterocycles. The first-order valence-corrected chi connectivity index (χ1v) is 8.65. The second-order valence-corrected chi connectivity index (χ2v) is 6.41. The fraction of sp³-hybridized carbons (Fsp3) is 0.368. The fourth-order valence-corrected chi connectivity index (χ4v) is 2.96. The Bertz CT molecular complexity index is 671. The van der Waals surface area contributed by atoms with Crippen molar-refractivity contribution in [2.45, 2.75) is 33.7 Å². The third-order valence-electron chi connectivity index (χ3n) is 3.83. The summed E-state index contributed by atoms with van der Waals surface area (Å²) in [5, 5.41) is 3.49. The summed E-state index contributed by atoms with van der Waals surface area (Å²) in [6.45, 7) is 7.75. The van der Waals surface area contributed by atoms with E-state index >= 15 is 0 Å². The van der Waals surface area contributed by atoms with E-state index in [0.717, 1.165) is 40.2 Å². The van der Waals surface area contributed by atoms with Crippen molar-refractivity contribution in [3.63, 3.8) is 0 Å². The van der Waals surface area contributed by atoms with Gasteiger partial charge in [-0.2, -0.15) is 0 Å². The van der Waals surface area contributed by atoms with Crippen molar-refractivity contribution in [3.05, 3.63) is 51.5 Å². The van der Waals surface area contributed by atoms with Crippen LogP contribution in [0.5, 0.6) is 11.5 Å². The van der Waals surface area contributed by atoms with E-state index in [1.807, 2.05) is 6.07 Å². The lowest BCUT2D eigenvalue weighted by Crippen LogP contribution is -2.04. The van der Waals surface area contributed by atoms with E-state index in [9.17, 15) is 0 Å². The minimum absolute atomic E-state index is 0.676. The van der Waals surface area contributed by atoms with Gasteiger partial charge in [0.1, 0.15) is 0 Å². The van der Waals surface area contributed by atoms with E-state index in [0.29, 0.717) is 6.61 Å². The lowest BCUT2D eigenvalue weighted by Gasteiger charge is -2.15. The van der Waals surface area contributed by atoms with Gasteiger partial charge < -0.3 is 14.8 Å². The Morgan fingerprint density at radius 3 is 2.65 bits per heavy atom. The molecule has 1 N–H and O–H groups in total. The molecule has 0 atom stereocenters. The zero-order chi connectivity index (χ0) is 16.8.